The van der Waals surface area contributed by atoms with Crippen molar-refractivity contribution in [2.24, 2.45) is 5.92 Å². The van der Waals surface area contributed by atoms with Crippen LogP contribution in [0.5, 0.6) is 0 Å². The molecule has 1 aliphatic rings. The van der Waals surface area contributed by atoms with Crippen molar-refractivity contribution in [2.75, 3.05) is 13.2 Å². The molecule has 1 N–H and O–H groups in total. The van der Waals surface area contributed by atoms with Crippen LogP contribution in [0.1, 0.15) is 32.8 Å². The molecule has 2 atom stereocenters. The van der Waals surface area contributed by atoms with Crippen molar-refractivity contribution < 1.29 is 28.9 Å². The number of ether oxygens (including phenoxy) is 3. The number of carbonyl (C=O) groups excluding carboxylic acids is 1. The van der Waals surface area contributed by atoms with E-state index in [1.165, 1.54) is 6.08 Å². The Balaban J connectivity index is 2.28. The van der Waals surface area contributed by atoms with E-state index in [0.717, 1.165) is 0 Å². The van der Waals surface area contributed by atoms with E-state index in [9.17, 15) is 14.7 Å². The Morgan fingerprint density at radius 2 is 2.11 bits per heavy atom. The monoisotopic (exact) mass is 416 g/mol. The second kappa shape index (κ2) is 9.06. The van der Waals surface area contributed by atoms with Crippen molar-refractivity contribution in [1.82, 2.24) is 0 Å². The number of Topliss-reactive ketones (excluding diaryl/α,β-unsaturated/α-hetero) is 1. The third kappa shape index (κ3) is 5.69. The first-order chi connectivity index (χ1) is 12.6. The highest BCUT2D eigenvalue weighted by molar-refractivity contribution is 6.43. The maximum atomic E-state index is 12.7. The molecule has 2 rings (SSSR count). The number of halogens is 2. The number of aliphatic carboxylic acids is 1. The van der Waals surface area contributed by atoms with Crippen molar-refractivity contribution in [3.8, 4) is 0 Å². The lowest BCUT2D eigenvalue weighted by atomic mass is 9.99. The summed E-state index contributed by atoms with van der Waals surface area (Å²) in [6, 6.07) is 4.94. The minimum atomic E-state index is -1.22. The number of carboxylic acid groups (broad SMARTS) is 1. The van der Waals surface area contributed by atoms with Crippen molar-refractivity contribution in [1.29, 1.82) is 0 Å². The maximum Gasteiger partial charge on any atom is 0.314 e. The quantitative estimate of drug-likeness (QED) is 0.388. The number of allylic oxidation sites excluding steroid dienone is 1. The summed E-state index contributed by atoms with van der Waals surface area (Å²) in [5.74, 6) is -3.91. The second-order valence-electron chi connectivity index (χ2n) is 6.58. The minimum absolute atomic E-state index is 0.0369. The van der Waals surface area contributed by atoms with Gasteiger partial charge >= 0.3 is 5.97 Å². The zero-order valence-electron chi connectivity index (χ0n) is 15.3. The fourth-order valence-corrected chi connectivity index (χ4v) is 2.99. The molecule has 1 heterocycles. The smallest absolute Gasteiger partial charge is 0.314 e. The topological polar surface area (TPSA) is 82.1 Å². The largest absolute Gasteiger partial charge is 0.487 e. The number of carboxylic acids is 1. The Labute approximate surface area is 168 Å². The van der Waals surface area contributed by atoms with Gasteiger partial charge in [-0.1, -0.05) is 42.3 Å². The summed E-state index contributed by atoms with van der Waals surface area (Å²) in [4.78, 5) is 24.1. The summed E-state index contributed by atoms with van der Waals surface area (Å²) >= 11 is 12.2. The van der Waals surface area contributed by atoms with Crippen LogP contribution in [0.4, 0.5) is 0 Å². The van der Waals surface area contributed by atoms with Gasteiger partial charge in [-0.25, -0.2) is 0 Å². The molecule has 1 aromatic carbocycles. The van der Waals surface area contributed by atoms with Gasteiger partial charge in [-0.3, -0.25) is 9.59 Å². The molecule has 1 aliphatic heterocycles. The predicted octanol–water partition coefficient (Wildman–Crippen LogP) is 4.18. The van der Waals surface area contributed by atoms with Gasteiger partial charge in [0.15, 0.2) is 11.5 Å². The fourth-order valence-electron chi connectivity index (χ4n) is 2.63. The molecule has 8 heteroatoms. The van der Waals surface area contributed by atoms with Gasteiger partial charge in [0, 0.05) is 0 Å². The molecule has 27 heavy (non-hydrogen) atoms. The Kier molecular flexibility index (Phi) is 7.28. The molecule has 1 saturated heterocycles. The van der Waals surface area contributed by atoms with E-state index in [0.29, 0.717) is 17.2 Å². The molecular formula is C19H22Cl2O6. The predicted molar refractivity (Wildman–Crippen MR) is 102 cm³/mol. The number of hydrogen-bond acceptors (Lipinski definition) is 5. The van der Waals surface area contributed by atoms with Crippen molar-refractivity contribution in [3.05, 3.63) is 39.6 Å². The average Bonchev–Trinajstić information content (AvgIpc) is 2.94. The molecular weight excluding hydrogens is 395 g/mol. The Bertz CT molecular complexity index is 744. The number of rotatable bonds is 8. The molecule has 148 valence electrons. The van der Waals surface area contributed by atoms with Crippen molar-refractivity contribution >= 4 is 41.0 Å². The van der Waals surface area contributed by atoms with Crippen molar-refractivity contribution in [2.45, 2.75) is 39.1 Å². The summed E-state index contributed by atoms with van der Waals surface area (Å²) in [6.45, 7) is 5.52. The van der Waals surface area contributed by atoms with Crippen LogP contribution >= 0.6 is 23.2 Å². The van der Waals surface area contributed by atoms with E-state index in [-0.39, 0.29) is 29.9 Å². The minimum Gasteiger partial charge on any atom is -0.487 e. The van der Waals surface area contributed by atoms with E-state index in [1.807, 2.05) is 0 Å². The number of benzene rings is 1. The van der Waals surface area contributed by atoms with Crippen LogP contribution in [0.25, 0.3) is 6.08 Å². The van der Waals surface area contributed by atoms with Gasteiger partial charge in [0.1, 0.15) is 18.6 Å². The Morgan fingerprint density at radius 1 is 1.41 bits per heavy atom. The molecule has 0 saturated carbocycles. The standard InChI is InChI=1S/C19H22Cl2O6/c1-4-13(18(23)24)17(22)15(8-11-6-5-7-14(20)16(11)21)25-9-12-10-26-19(2,3)27-12/h5-8,12-13H,4,9-10H2,1-3H3,(H,23,24). The molecule has 6 nitrogen and oxygen atoms in total. The van der Waals surface area contributed by atoms with Crippen LogP contribution in [0.2, 0.25) is 10.0 Å². The van der Waals surface area contributed by atoms with E-state index < -0.39 is 23.5 Å². The zero-order chi connectivity index (χ0) is 20.2. The summed E-state index contributed by atoms with van der Waals surface area (Å²) in [5, 5.41) is 9.87. The molecule has 0 spiro atoms. The van der Waals surface area contributed by atoms with Crippen LogP contribution in [-0.4, -0.2) is 42.0 Å². The molecule has 0 aliphatic carbocycles. The molecule has 0 aromatic heterocycles. The van der Waals surface area contributed by atoms with Crippen molar-refractivity contribution in [3.63, 3.8) is 0 Å². The number of ketones is 1. The Hall–Kier alpha value is -1.60. The first-order valence-electron chi connectivity index (χ1n) is 8.52. The molecule has 2 unspecified atom stereocenters. The van der Waals surface area contributed by atoms with E-state index in [2.05, 4.69) is 0 Å². The average molecular weight is 417 g/mol. The van der Waals surface area contributed by atoms with E-state index >= 15 is 0 Å². The van der Waals surface area contributed by atoms with E-state index in [4.69, 9.17) is 37.4 Å². The molecule has 0 radical (unpaired) electrons. The normalized spacial score (nSPS) is 20.3. The summed E-state index contributed by atoms with van der Waals surface area (Å²) < 4.78 is 16.8. The van der Waals surface area contributed by atoms with Gasteiger partial charge in [-0.15, -0.1) is 0 Å². The summed E-state index contributed by atoms with van der Waals surface area (Å²) in [6.07, 6.45) is 1.16. The first-order valence-corrected chi connectivity index (χ1v) is 9.27. The first kappa shape index (κ1) is 21.7. The van der Waals surface area contributed by atoms with Gasteiger partial charge in [0.25, 0.3) is 0 Å². The van der Waals surface area contributed by atoms with Gasteiger partial charge in [-0.2, -0.15) is 0 Å². The molecule has 1 aromatic rings. The van der Waals surface area contributed by atoms with Crippen LogP contribution in [0.15, 0.2) is 24.0 Å². The van der Waals surface area contributed by atoms with Gasteiger partial charge in [-0.05, 0) is 38.0 Å². The number of hydrogen-bond donors (Lipinski definition) is 1. The summed E-state index contributed by atoms with van der Waals surface area (Å²) in [5.41, 5.74) is 0.455. The van der Waals surface area contributed by atoms with Crippen LogP contribution in [0, 0.1) is 5.92 Å². The highest BCUT2D eigenvalue weighted by Crippen LogP contribution is 2.29. The molecule has 1 fully saturated rings. The fraction of sp³-hybridized carbons (Fsp3) is 0.474. The third-order valence-corrected chi connectivity index (χ3v) is 4.86. The van der Waals surface area contributed by atoms with E-state index in [1.54, 1.807) is 39.0 Å². The van der Waals surface area contributed by atoms with Gasteiger partial charge in [0.2, 0.25) is 5.78 Å². The van der Waals surface area contributed by atoms with Crippen LogP contribution < -0.4 is 0 Å². The lowest BCUT2D eigenvalue weighted by Crippen LogP contribution is -2.28. The number of carbonyl (C=O) groups is 2. The SMILES string of the molecule is CCC(C(=O)O)C(=O)C(=Cc1cccc(Cl)c1Cl)OCC1COC(C)(C)O1. The molecule has 0 amide bonds. The maximum absolute atomic E-state index is 12.7. The third-order valence-electron chi connectivity index (χ3n) is 4.03. The van der Waals surface area contributed by atoms with Crippen LogP contribution in [0.3, 0.4) is 0 Å². The Morgan fingerprint density at radius 3 is 2.67 bits per heavy atom. The van der Waals surface area contributed by atoms with Gasteiger partial charge in [0.05, 0.1) is 16.7 Å². The lowest BCUT2D eigenvalue weighted by Gasteiger charge is -2.19. The van der Waals surface area contributed by atoms with Gasteiger partial charge < -0.3 is 19.3 Å². The van der Waals surface area contributed by atoms with Crippen LogP contribution in [-0.2, 0) is 23.8 Å². The lowest BCUT2D eigenvalue weighted by molar-refractivity contribution is -0.147. The molecule has 0 bridgehead atoms. The second-order valence-corrected chi connectivity index (χ2v) is 7.36. The zero-order valence-corrected chi connectivity index (χ0v) is 16.8. The highest BCUT2D eigenvalue weighted by atomic mass is 35.5. The summed E-state index contributed by atoms with van der Waals surface area (Å²) in [7, 11) is 0. The highest BCUT2D eigenvalue weighted by Gasteiger charge is 2.34.